The van der Waals surface area contributed by atoms with Gasteiger partial charge in [0.1, 0.15) is 5.69 Å². The molecule has 0 spiro atoms. The quantitative estimate of drug-likeness (QED) is 0.519. The second-order valence-corrected chi connectivity index (χ2v) is 5.76. The molecule has 2 aromatic rings. The van der Waals surface area contributed by atoms with Crippen LogP contribution in [0, 0.1) is 16.0 Å². The Labute approximate surface area is 127 Å². The van der Waals surface area contributed by atoms with Crippen LogP contribution in [0.25, 0.3) is 0 Å². The van der Waals surface area contributed by atoms with E-state index in [4.69, 9.17) is 0 Å². The molecule has 0 amide bonds. The Balaban J connectivity index is 1.85. The molecule has 110 valence electrons. The molecule has 4 rings (SSSR count). The highest BCUT2D eigenvalue weighted by atomic mass is 16.6. The third kappa shape index (κ3) is 1.89. The summed E-state index contributed by atoms with van der Waals surface area (Å²) in [6, 6.07) is 9.30. The van der Waals surface area contributed by atoms with E-state index in [1.165, 1.54) is 0 Å². The summed E-state index contributed by atoms with van der Waals surface area (Å²) in [6.45, 7) is 0. The summed E-state index contributed by atoms with van der Waals surface area (Å²) < 4.78 is 0. The van der Waals surface area contributed by atoms with Gasteiger partial charge in [0.25, 0.3) is 5.69 Å². The number of aromatic nitrogens is 1. The lowest BCUT2D eigenvalue weighted by Gasteiger charge is -2.36. The summed E-state index contributed by atoms with van der Waals surface area (Å²) in [5.41, 5.74) is 2.89. The molecule has 0 saturated carbocycles. The lowest BCUT2D eigenvalue weighted by molar-refractivity contribution is -0.384. The molecule has 1 N–H and O–H groups in total. The van der Waals surface area contributed by atoms with Crippen molar-refractivity contribution in [2.45, 2.75) is 18.4 Å². The lowest BCUT2D eigenvalue weighted by Crippen LogP contribution is -2.29. The van der Waals surface area contributed by atoms with Gasteiger partial charge in [-0.15, -0.1) is 0 Å². The molecule has 0 fully saturated rings. The lowest BCUT2D eigenvalue weighted by atomic mass is 9.77. The van der Waals surface area contributed by atoms with Crippen LogP contribution in [0.15, 0.2) is 54.9 Å². The van der Waals surface area contributed by atoms with E-state index in [1.807, 2.05) is 24.4 Å². The van der Waals surface area contributed by atoms with E-state index in [0.717, 1.165) is 17.5 Å². The van der Waals surface area contributed by atoms with E-state index in [9.17, 15) is 10.1 Å². The van der Waals surface area contributed by atoms with E-state index in [2.05, 4.69) is 22.5 Å². The maximum Gasteiger partial charge on any atom is 0.292 e. The van der Waals surface area contributed by atoms with Gasteiger partial charge in [0.2, 0.25) is 0 Å². The third-order valence-corrected chi connectivity index (χ3v) is 4.61. The van der Waals surface area contributed by atoms with Crippen molar-refractivity contribution in [3.05, 3.63) is 76.1 Å². The zero-order valence-electron chi connectivity index (χ0n) is 11.8. The van der Waals surface area contributed by atoms with E-state index < -0.39 is 0 Å². The largest absolute Gasteiger partial charge is 0.372 e. The smallest absolute Gasteiger partial charge is 0.292 e. The van der Waals surface area contributed by atoms with Crippen LogP contribution in [0.3, 0.4) is 0 Å². The Kier molecular flexibility index (Phi) is 2.92. The van der Waals surface area contributed by atoms with E-state index in [0.29, 0.717) is 11.6 Å². The van der Waals surface area contributed by atoms with Crippen LogP contribution in [0.1, 0.15) is 29.5 Å². The number of rotatable bonds is 2. The molecule has 1 aliphatic heterocycles. The van der Waals surface area contributed by atoms with E-state index in [-0.39, 0.29) is 22.6 Å². The standard InChI is InChI=1S/C17H15N3O2/c21-20(22)15-8-2-7-14-12-5-1-6-13(12)16(19-17(14)15)11-4-3-9-18-10-11/h1-5,7-10,12-13,16,19H,6H2/t12-,13+,16-/m1/s1. The first kappa shape index (κ1) is 13.0. The number of anilines is 1. The van der Waals surface area contributed by atoms with Gasteiger partial charge in [0.15, 0.2) is 0 Å². The first-order valence-corrected chi connectivity index (χ1v) is 7.36. The van der Waals surface area contributed by atoms with Gasteiger partial charge in [-0.05, 0) is 29.5 Å². The molecule has 1 aliphatic carbocycles. The zero-order valence-corrected chi connectivity index (χ0v) is 11.8. The van der Waals surface area contributed by atoms with Gasteiger partial charge >= 0.3 is 0 Å². The van der Waals surface area contributed by atoms with Crippen LogP contribution in [0.5, 0.6) is 0 Å². The van der Waals surface area contributed by atoms with Crippen LogP contribution in [-0.2, 0) is 0 Å². The summed E-state index contributed by atoms with van der Waals surface area (Å²) in [5, 5.41) is 14.8. The Morgan fingerprint density at radius 3 is 2.95 bits per heavy atom. The molecule has 22 heavy (non-hydrogen) atoms. The molecule has 5 heteroatoms. The molecule has 2 heterocycles. The second kappa shape index (κ2) is 4.94. The number of allylic oxidation sites excluding steroid dienone is 2. The second-order valence-electron chi connectivity index (χ2n) is 5.76. The van der Waals surface area contributed by atoms with Crippen LogP contribution in [-0.4, -0.2) is 9.91 Å². The van der Waals surface area contributed by atoms with Gasteiger partial charge in [0.05, 0.1) is 11.0 Å². The highest BCUT2D eigenvalue weighted by Crippen LogP contribution is 2.51. The number of nitrogens with one attached hydrogen (secondary N) is 1. The average Bonchev–Trinajstić information content (AvgIpc) is 3.04. The van der Waals surface area contributed by atoms with Crippen LogP contribution < -0.4 is 5.32 Å². The van der Waals surface area contributed by atoms with Crippen molar-refractivity contribution in [3.63, 3.8) is 0 Å². The Morgan fingerprint density at radius 2 is 2.18 bits per heavy atom. The Hall–Kier alpha value is -2.69. The average molecular weight is 293 g/mol. The van der Waals surface area contributed by atoms with Crippen molar-refractivity contribution < 1.29 is 4.92 Å². The minimum Gasteiger partial charge on any atom is -0.372 e. The normalized spacial score (nSPS) is 25.2. The number of benzene rings is 1. The monoisotopic (exact) mass is 293 g/mol. The Morgan fingerprint density at radius 1 is 1.27 bits per heavy atom. The number of pyridine rings is 1. The summed E-state index contributed by atoms with van der Waals surface area (Å²) >= 11 is 0. The number of nitro groups is 1. The van der Waals surface area contributed by atoms with Gasteiger partial charge in [-0.1, -0.05) is 30.4 Å². The highest BCUT2D eigenvalue weighted by Gasteiger charge is 2.40. The summed E-state index contributed by atoms with van der Waals surface area (Å²) in [6.07, 6.45) is 8.91. The van der Waals surface area contributed by atoms with Gasteiger partial charge in [-0.3, -0.25) is 15.1 Å². The number of hydrogen-bond donors (Lipinski definition) is 1. The summed E-state index contributed by atoms with van der Waals surface area (Å²) in [5.74, 6) is 0.597. The molecule has 0 saturated heterocycles. The number of nitrogens with zero attached hydrogens (tertiary/aromatic N) is 2. The van der Waals surface area contributed by atoms with Crippen molar-refractivity contribution >= 4 is 11.4 Å². The highest BCUT2D eigenvalue weighted by molar-refractivity contribution is 5.71. The fourth-order valence-corrected chi connectivity index (χ4v) is 3.65. The number of para-hydroxylation sites is 1. The number of nitro benzene ring substituents is 1. The zero-order chi connectivity index (χ0) is 15.1. The maximum atomic E-state index is 11.3. The number of hydrogen-bond acceptors (Lipinski definition) is 4. The van der Waals surface area contributed by atoms with Crippen molar-refractivity contribution in [3.8, 4) is 0 Å². The topological polar surface area (TPSA) is 68.1 Å². The van der Waals surface area contributed by atoms with Crippen molar-refractivity contribution in [2.24, 2.45) is 5.92 Å². The molecule has 0 unspecified atom stereocenters. The van der Waals surface area contributed by atoms with Crippen molar-refractivity contribution in [2.75, 3.05) is 5.32 Å². The SMILES string of the molecule is O=[N+]([O-])c1cccc2c1N[C@H](c1cccnc1)[C@H]1CC=C[C@@H]21. The van der Waals surface area contributed by atoms with E-state index in [1.54, 1.807) is 18.3 Å². The molecule has 1 aromatic carbocycles. The summed E-state index contributed by atoms with van der Waals surface area (Å²) in [7, 11) is 0. The first-order valence-electron chi connectivity index (χ1n) is 7.36. The summed E-state index contributed by atoms with van der Waals surface area (Å²) in [4.78, 5) is 15.2. The van der Waals surface area contributed by atoms with Gasteiger partial charge in [-0.25, -0.2) is 0 Å². The predicted molar refractivity (Wildman–Crippen MR) is 83.7 cm³/mol. The third-order valence-electron chi connectivity index (χ3n) is 4.61. The molecule has 3 atom stereocenters. The molecule has 5 nitrogen and oxygen atoms in total. The Bertz CT molecular complexity index is 758. The molecule has 0 bridgehead atoms. The van der Waals surface area contributed by atoms with Gasteiger partial charge < -0.3 is 5.32 Å². The van der Waals surface area contributed by atoms with Crippen LogP contribution in [0.2, 0.25) is 0 Å². The minimum atomic E-state index is -0.314. The van der Waals surface area contributed by atoms with Crippen molar-refractivity contribution in [1.82, 2.24) is 4.98 Å². The van der Waals surface area contributed by atoms with Crippen molar-refractivity contribution in [1.29, 1.82) is 0 Å². The van der Waals surface area contributed by atoms with E-state index >= 15 is 0 Å². The van der Waals surface area contributed by atoms with Crippen LogP contribution in [0.4, 0.5) is 11.4 Å². The molecular formula is C17H15N3O2. The fraction of sp³-hybridized carbons (Fsp3) is 0.235. The van der Waals surface area contributed by atoms with Gasteiger partial charge in [0, 0.05) is 24.4 Å². The molecule has 2 aliphatic rings. The number of fused-ring (bicyclic) bond motifs is 3. The maximum absolute atomic E-state index is 11.3. The van der Waals surface area contributed by atoms with Crippen LogP contribution >= 0.6 is 0 Å². The molecular weight excluding hydrogens is 278 g/mol. The fourth-order valence-electron chi connectivity index (χ4n) is 3.65. The van der Waals surface area contributed by atoms with Gasteiger partial charge in [-0.2, -0.15) is 0 Å². The molecule has 1 aromatic heterocycles. The predicted octanol–water partition coefficient (Wildman–Crippen LogP) is 3.82. The first-order chi connectivity index (χ1) is 10.8. The molecule has 0 radical (unpaired) electrons. The minimum absolute atomic E-state index is 0.0438.